The third kappa shape index (κ3) is 3.28. The van der Waals surface area contributed by atoms with Crippen LogP contribution in [0.2, 0.25) is 0 Å². The van der Waals surface area contributed by atoms with E-state index in [2.05, 4.69) is 25.1 Å². The summed E-state index contributed by atoms with van der Waals surface area (Å²) in [5.41, 5.74) is 2.52. The lowest BCUT2D eigenvalue weighted by Crippen LogP contribution is -1.95. The molecule has 0 radical (unpaired) electrons. The molecule has 1 aromatic carbocycles. The van der Waals surface area contributed by atoms with Crippen LogP contribution in [-0.2, 0) is 0 Å². The lowest BCUT2D eigenvalue weighted by atomic mass is 10.1. The molecule has 0 spiro atoms. The number of allylic oxidation sites excluding steroid dienone is 2. The molecule has 16 heavy (non-hydrogen) atoms. The van der Waals surface area contributed by atoms with Crippen molar-refractivity contribution >= 4 is 17.2 Å². The molecule has 0 aromatic heterocycles. The first-order chi connectivity index (χ1) is 7.79. The number of hydrogen-bond acceptors (Lipinski definition) is 1. The topological polar surface area (TPSA) is 9.23 Å². The lowest BCUT2D eigenvalue weighted by molar-refractivity contribution is 0.303. The van der Waals surface area contributed by atoms with E-state index in [0.717, 1.165) is 12.2 Å². The Morgan fingerprint density at radius 2 is 2.06 bits per heavy atom. The largest absolute Gasteiger partial charge is 0.490 e. The molecule has 0 bridgehead atoms. The molecule has 1 nitrogen and oxygen atoms in total. The Kier molecular flexibility index (Phi) is 3.89. The Labute approximate surface area is 102 Å². The summed E-state index contributed by atoms with van der Waals surface area (Å²) in [4.78, 5) is 0. The van der Waals surface area contributed by atoms with Crippen molar-refractivity contribution in [2.75, 3.05) is 5.88 Å². The monoisotopic (exact) mass is 236 g/mol. The average Bonchev–Trinajstić information content (AvgIpc) is 3.11. The normalized spacial score (nSPS) is 16.2. The second kappa shape index (κ2) is 5.40. The van der Waals surface area contributed by atoms with E-state index >= 15 is 0 Å². The molecule has 0 amide bonds. The van der Waals surface area contributed by atoms with Crippen LogP contribution in [0, 0.1) is 0 Å². The van der Waals surface area contributed by atoms with Gasteiger partial charge in [0, 0.05) is 5.88 Å². The third-order valence-electron chi connectivity index (χ3n) is 2.70. The Morgan fingerprint density at radius 1 is 1.38 bits per heavy atom. The van der Waals surface area contributed by atoms with Gasteiger partial charge in [-0.2, -0.15) is 0 Å². The van der Waals surface area contributed by atoms with Crippen molar-refractivity contribution in [3.63, 3.8) is 0 Å². The lowest BCUT2D eigenvalue weighted by Gasteiger charge is -2.06. The first kappa shape index (κ1) is 11.5. The van der Waals surface area contributed by atoms with E-state index in [0.29, 0.717) is 12.0 Å². The summed E-state index contributed by atoms with van der Waals surface area (Å²) in [5, 5.41) is 0. The molecule has 0 saturated heterocycles. The maximum Gasteiger partial charge on any atom is 0.119 e. The Balaban J connectivity index is 1.99. The number of hydrogen-bond donors (Lipinski definition) is 0. The highest BCUT2D eigenvalue weighted by atomic mass is 35.5. The van der Waals surface area contributed by atoms with Crippen LogP contribution in [0.4, 0.5) is 0 Å². The van der Waals surface area contributed by atoms with Crippen molar-refractivity contribution in [1.82, 2.24) is 0 Å². The Morgan fingerprint density at radius 3 is 2.62 bits per heavy atom. The SMILES string of the molecule is C/C(=C/CCCl)c1ccc(OC2CC2)cc1. The molecular weight excluding hydrogens is 220 g/mol. The van der Waals surface area contributed by atoms with Gasteiger partial charge in [0.05, 0.1) is 6.10 Å². The van der Waals surface area contributed by atoms with Crippen molar-refractivity contribution < 1.29 is 4.74 Å². The summed E-state index contributed by atoms with van der Waals surface area (Å²) in [6, 6.07) is 8.31. The average molecular weight is 237 g/mol. The molecule has 1 aromatic rings. The summed E-state index contributed by atoms with van der Waals surface area (Å²) in [7, 11) is 0. The Bertz CT molecular complexity index is 363. The van der Waals surface area contributed by atoms with Gasteiger partial charge in [-0.05, 0) is 49.5 Å². The summed E-state index contributed by atoms with van der Waals surface area (Å²) in [5.74, 6) is 1.66. The highest BCUT2D eigenvalue weighted by molar-refractivity contribution is 6.17. The van der Waals surface area contributed by atoms with Crippen LogP contribution in [0.1, 0.15) is 31.7 Å². The van der Waals surface area contributed by atoms with Crippen LogP contribution in [0.25, 0.3) is 5.57 Å². The van der Waals surface area contributed by atoms with Crippen molar-refractivity contribution in [3.05, 3.63) is 35.9 Å². The quantitative estimate of drug-likeness (QED) is 0.694. The van der Waals surface area contributed by atoms with E-state index in [4.69, 9.17) is 16.3 Å². The summed E-state index contributed by atoms with van der Waals surface area (Å²) >= 11 is 5.66. The van der Waals surface area contributed by atoms with Crippen molar-refractivity contribution in [3.8, 4) is 5.75 Å². The molecule has 0 atom stereocenters. The molecule has 0 aliphatic heterocycles. The number of alkyl halides is 1. The van der Waals surface area contributed by atoms with Gasteiger partial charge in [0.15, 0.2) is 0 Å². The minimum atomic E-state index is 0.471. The van der Waals surface area contributed by atoms with E-state index < -0.39 is 0 Å². The molecule has 1 aliphatic rings. The molecule has 1 fully saturated rings. The summed E-state index contributed by atoms with van der Waals surface area (Å²) in [6.45, 7) is 2.11. The fraction of sp³-hybridized carbons (Fsp3) is 0.429. The molecule has 0 N–H and O–H groups in total. The molecule has 86 valence electrons. The van der Waals surface area contributed by atoms with Crippen molar-refractivity contribution in [2.45, 2.75) is 32.3 Å². The molecule has 1 aliphatic carbocycles. The second-order valence-corrected chi connectivity index (χ2v) is 4.58. The maximum absolute atomic E-state index is 5.70. The zero-order valence-electron chi connectivity index (χ0n) is 9.58. The van der Waals surface area contributed by atoms with Crippen molar-refractivity contribution in [2.24, 2.45) is 0 Å². The zero-order chi connectivity index (χ0) is 11.4. The van der Waals surface area contributed by atoms with Crippen LogP contribution in [-0.4, -0.2) is 12.0 Å². The minimum absolute atomic E-state index is 0.471. The van der Waals surface area contributed by atoms with Gasteiger partial charge in [-0.1, -0.05) is 18.2 Å². The van der Waals surface area contributed by atoms with Crippen LogP contribution < -0.4 is 4.74 Å². The second-order valence-electron chi connectivity index (χ2n) is 4.21. The molecule has 2 heteroatoms. The zero-order valence-corrected chi connectivity index (χ0v) is 10.3. The number of rotatable bonds is 5. The van der Waals surface area contributed by atoms with Gasteiger partial charge >= 0.3 is 0 Å². The number of benzene rings is 1. The highest BCUT2D eigenvalue weighted by Crippen LogP contribution is 2.27. The predicted molar refractivity (Wildman–Crippen MR) is 69.1 cm³/mol. The first-order valence-corrected chi connectivity index (χ1v) is 6.33. The van der Waals surface area contributed by atoms with Crippen LogP contribution in [0.5, 0.6) is 5.75 Å². The minimum Gasteiger partial charge on any atom is -0.490 e. The van der Waals surface area contributed by atoms with Gasteiger partial charge in [0.2, 0.25) is 0 Å². The fourth-order valence-corrected chi connectivity index (χ4v) is 1.67. The predicted octanol–water partition coefficient (Wildman–Crippen LogP) is 4.26. The summed E-state index contributed by atoms with van der Waals surface area (Å²) < 4.78 is 5.70. The van der Waals surface area contributed by atoms with E-state index in [1.807, 2.05) is 12.1 Å². The van der Waals surface area contributed by atoms with Crippen LogP contribution in [0.15, 0.2) is 30.3 Å². The molecule has 1 saturated carbocycles. The van der Waals surface area contributed by atoms with Gasteiger partial charge in [0.1, 0.15) is 5.75 Å². The summed E-state index contributed by atoms with van der Waals surface area (Å²) in [6.07, 6.45) is 5.98. The smallest absolute Gasteiger partial charge is 0.119 e. The maximum atomic E-state index is 5.70. The first-order valence-electron chi connectivity index (χ1n) is 5.79. The van der Waals surface area contributed by atoms with Gasteiger partial charge in [0.25, 0.3) is 0 Å². The van der Waals surface area contributed by atoms with Gasteiger partial charge in [-0.3, -0.25) is 0 Å². The van der Waals surface area contributed by atoms with E-state index in [-0.39, 0.29) is 0 Å². The van der Waals surface area contributed by atoms with E-state index in [9.17, 15) is 0 Å². The van der Waals surface area contributed by atoms with Gasteiger partial charge in [-0.25, -0.2) is 0 Å². The number of ether oxygens (including phenoxy) is 1. The van der Waals surface area contributed by atoms with Gasteiger partial charge < -0.3 is 4.74 Å². The van der Waals surface area contributed by atoms with Crippen LogP contribution in [0.3, 0.4) is 0 Å². The standard InChI is InChI=1S/C14H17ClO/c1-11(3-2-10-15)12-4-6-13(7-5-12)16-14-8-9-14/h3-7,14H,2,8-10H2,1H3/b11-3-. The molecular formula is C14H17ClO. The highest BCUT2D eigenvalue weighted by Gasteiger charge is 2.23. The van der Waals surface area contributed by atoms with E-state index in [1.54, 1.807) is 0 Å². The van der Waals surface area contributed by atoms with Gasteiger partial charge in [-0.15, -0.1) is 11.6 Å². The molecule has 0 heterocycles. The fourth-order valence-electron chi connectivity index (χ4n) is 1.56. The van der Waals surface area contributed by atoms with Crippen LogP contribution >= 0.6 is 11.6 Å². The Hall–Kier alpha value is -0.950. The number of halogens is 1. The third-order valence-corrected chi connectivity index (χ3v) is 2.91. The molecule has 2 rings (SSSR count). The van der Waals surface area contributed by atoms with Crippen molar-refractivity contribution in [1.29, 1.82) is 0 Å². The molecule has 0 unspecified atom stereocenters. The van der Waals surface area contributed by atoms with E-state index in [1.165, 1.54) is 24.0 Å².